The van der Waals surface area contributed by atoms with Gasteiger partial charge in [0.1, 0.15) is 12.7 Å². The van der Waals surface area contributed by atoms with Gasteiger partial charge in [0.25, 0.3) is 0 Å². The number of likely N-dealkylation sites (N-methyl/N-ethyl adjacent to an activating group) is 1. The Bertz CT molecular complexity index is 410. The van der Waals surface area contributed by atoms with Crippen molar-refractivity contribution < 1.29 is 9.59 Å². The van der Waals surface area contributed by atoms with Crippen molar-refractivity contribution in [2.45, 2.75) is 6.92 Å². The standard InChI is InChI=1S/C10H16N6O2/c1-2-14-3-5-15(6-4-14)10(18)9(17)13-16-7-11-12-8-16/h7-8H,2-6H2,1H3,(H,13,17). The van der Waals surface area contributed by atoms with Crippen molar-refractivity contribution in [2.24, 2.45) is 0 Å². The Kier molecular flexibility index (Phi) is 3.88. The maximum Gasteiger partial charge on any atom is 0.328 e. The minimum absolute atomic E-state index is 0.514. The number of amides is 2. The fourth-order valence-corrected chi connectivity index (χ4v) is 1.83. The topological polar surface area (TPSA) is 83.4 Å². The Morgan fingerprint density at radius 3 is 2.33 bits per heavy atom. The molecule has 0 aromatic carbocycles. The molecule has 0 radical (unpaired) electrons. The predicted molar refractivity (Wildman–Crippen MR) is 63.1 cm³/mol. The van der Waals surface area contributed by atoms with Gasteiger partial charge < -0.3 is 9.80 Å². The van der Waals surface area contributed by atoms with Gasteiger partial charge in [-0.15, -0.1) is 10.2 Å². The molecular formula is C10H16N6O2. The quantitative estimate of drug-likeness (QED) is 0.648. The first kappa shape index (κ1) is 12.5. The second-order valence-corrected chi connectivity index (χ2v) is 4.04. The summed E-state index contributed by atoms with van der Waals surface area (Å²) in [6.45, 7) is 5.83. The smallest absolute Gasteiger partial charge is 0.328 e. The fourth-order valence-electron chi connectivity index (χ4n) is 1.83. The summed E-state index contributed by atoms with van der Waals surface area (Å²) in [4.78, 5) is 27.3. The maximum atomic E-state index is 11.9. The summed E-state index contributed by atoms with van der Waals surface area (Å²) in [5, 5.41) is 7.07. The van der Waals surface area contributed by atoms with E-state index in [4.69, 9.17) is 0 Å². The van der Waals surface area contributed by atoms with Gasteiger partial charge in [0.15, 0.2) is 0 Å². The lowest BCUT2D eigenvalue weighted by Gasteiger charge is -2.33. The molecule has 0 spiro atoms. The molecular weight excluding hydrogens is 236 g/mol. The van der Waals surface area contributed by atoms with Crippen molar-refractivity contribution in [1.82, 2.24) is 24.7 Å². The van der Waals surface area contributed by atoms with Crippen molar-refractivity contribution in [3.63, 3.8) is 0 Å². The van der Waals surface area contributed by atoms with E-state index >= 15 is 0 Å². The number of carbonyl (C=O) groups is 2. The van der Waals surface area contributed by atoms with Crippen LogP contribution in [0.3, 0.4) is 0 Å². The third-order valence-electron chi connectivity index (χ3n) is 2.95. The third kappa shape index (κ3) is 2.83. The number of aromatic nitrogens is 3. The molecule has 1 aromatic heterocycles. The van der Waals surface area contributed by atoms with Crippen LogP contribution in [-0.2, 0) is 9.59 Å². The Morgan fingerprint density at radius 1 is 1.17 bits per heavy atom. The van der Waals surface area contributed by atoms with E-state index in [0.717, 1.165) is 19.6 Å². The number of carbonyl (C=O) groups excluding carboxylic acids is 2. The largest absolute Gasteiger partial charge is 0.332 e. The molecule has 2 rings (SSSR count). The highest BCUT2D eigenvalue weighted by molar-refractivity contribution is 6.38. The van der Waals surface area contributed by atoms with Gasteiger partial charge in [0.2, 0.25) is 0 Å². The minimum Gasteiger partial charge on any atom is -0.332 e. The van der Waals surface area contributed by atoms with Crippen molar-refractivity contribution in [1.29, 1.82) is 0 Å². The lowest BCUT2D eigenvalue weighted by atomic mass is 10.3. The summed E-state index contributed by atoms with van der Waals surface area (Å²) in [6.07, 6.45) is 2.64. The molecule has 1 aliphatic rings. The molecule has 18 heavy (non-hydrogen) atoms. The maximum absolute atomic E-state index is 11.9. The van der Waals surface area contributed by atoms with Gasteiger partial charge in [0.05, 0.1) is 0 Å². The second-order valence-electron chi connectivity index (χ2n) is 4.04. The minimum atomic E-state index is -0.667. The lowest BCUT2D eigenvalue weighted by Crippen LogP contribution is -2.52. The zero-order chi connectivity index (χ0) is 13.0. The number of hydrogen-bond acceptors (Lipinski definition) is 5. The van der Waals surface area contributed by atoms with Crippen LogP contribution >= 0.6 is 0 Å². The first-order valence-corrected chi connectivity index (χ1v) is 5.88. The molecule has 0 bridgehead atoms. The molecule has 2 amide bonds. The van der Waals surface area contributed by atoms with Crippen LogP contribution in [0.15, 0.2) is 12.7 Å². The molecule has 1 N–H and O–H groups in total. The van der Waals surface area contributed by atoms with Gasteiger partial charge in [-0.3, -0.25) is 15.0 Å². The van der Waals surface area contributed by atoms with Crippen LogP contribution in [-0.4, -0.2) is 69.2 Å². The van der Waals surface area contributed by atoms with E-state index in [1.165, 1.54) is 17.3 Å². The van der Waals surface area contributed by atoms with E-state index in [1.807, 2.05) is 0 Å². The molecule has 0 unspecified atom stereocenters. The van der Waals surface area contributed by atoms with E-state index in [9.17, 15) is 9.59 Å². The summed E-state index contributed by atoms with van der Waals surface area (Å²) < 4.78 is 1.25. The molecule has 0 saturated carbocycles. The monoisotopic (exact) mass is 252 g/mol. The lowest BCUT2D eigenvalue weighted by molar-refractivity contribution is -0.144. The number of hydrogen-bond donors (Lipinski definition) is 1. The molecule has 8 nitrogen and oxygen atoms in total. The van der Waals surface area contributed by atoms with Crippen molar-refractivity contribution in [3.05, 3.63) is 12.7 Å². The van der Waals surface area contributed by atoms with E-state index in [1.54, 1.807) is 4.90 Å². The zero-order valence-electron chi connectivity index (χ0n) is 10.2. The molecule has 98 valence electrons. The van der Waals surface area contributed by atoms with Crippen LogP contribution in [0.1, 0.15) is 6.92 Å². The highest BCUT2D eigenvalue weighted by Crippen LogP contribution is 2.01. The van der Waals surface area contributed by atoms with Crippen LogP contribution in [0, 0.1) is 0 Å². The summed E-state index contributed by atoms with van der Waals surface area (Å²) >= 11 is 0. The van der Waals surface area contributed by atoms with Crippen molar-refractivity contribution in [3.8, 4) is 0 Å². The highest BCUT2D eigenvalue weighted by atomic mass is 16.2. The second kappa shape index (κ2) is 5.58. The van der Waals surface area contributed by atoms with Crippen LogP contribution < -0.4 is 5.43 Å². The molecule has 1 saturated heterocycles. The SMILES string of the molecule is CCN1CCN(C(=O)C(=O)Nn2cnnc2)CC1. The summed E-state index contributed by atoms with van der Waals surface area (Å²) in [5.74, 6) is -1.18. The van der Waals surface area contributed by atoms with E-state index in [2.05, 4.69) is 27.4 Å². The van der Waals surface area contributed by atoms with Gasteiger partial charge in [0, 0.05) is 26.2 Å². The van der Waals surface area contributed by atoms with Crippen LogP contribution in [0.2, 0.25) is 0 Å². The summed E-state index contributed by atoms with van der Waals surface area (Å²) in [5.41, 5.74) is 2.39. The van der Waals surface area contributed by atoms with Gasteiger partial charge in [-0.25, -0.2) is 4.68 Å². The molecule has 0 atom stereocenters. The van der Waals surface area contributed by atoms with Crippen molar-refractivity contribution >= 4 is 11.8 Å². The van der Waals surface area contributed by atoms with Crippen molar-refractivity contribution in [2.75, 3.05) is 38.1 Å². The number of nitrogens with zero attached hydrogens (tertiary/aromatic N) is 5. The molecule has 1 aliphatic heterocycles. The normalized spacial score (nSPS) is 16.6. The average molecular weight is 252 g/mol. The molecule has 1 fully saturated rings. The number of rotatable bonds is 2. The predicted octanol–water partition coefficient (Wildman–Crippen LogP) is -1.49. The summed E-state index contributed by atoms with van der Waals surface area (Å²) in [7, 11) is 0. The summed E-state index contributed by atoms with van der Waals surface area (Å²) in [6, 6.07) is 0. The average Bonchev–Trinajstić information content (AvgIpc) is 2.91. The van der Waals surface area contributed by atoms with E-state index in [0.29, 0.717) is 13.1 Å². The van der Waals surface area contributed by atoms with Crippen LogP contribution in [0.5, 0.6) is 0 Å². The van der Waals surface area contributed by atoms with Gasteiger partial charge in [-0.05, 0) is 6.54 Å². The molecule has 1 aromatic rings. The van der Waals surface area contributed by atoms with E-state index < -0.39 is 11.8 Å². The highest BCUT2D eigenvalue weighted by Gasteiger charge is 2.25. The van der Waals surface area contributed by atoms with Gasteiger partial charge >= 0.3 is 11.8 Å². The fraction of sp³-hybridized carbons (Fsp3) is 0.600. The molecule has 2 heterocycles. The molecule has 0 aliphatic carbocycles. The molecule has 8 heteroatoms. The Balaban J connectivity index is 1.86. The number of nitrogens with one attached hydrogen (secondary N) is 1. The third-order valence-corrected chi connectivity index (χ3v) is 2.95. The van der Waals surface area contributed by atoms with E-state index in [-0.39, 0.29) is 0 Å². The first-order valence-electron chi connectivity index (χ1n) is 5.88. The Hall–Kier alpha value is -1.96. The van der Waals surface area contributed by atoms with Gasteiger partial charge in [-0.1, -0.05) is 6.92 Å². The first-order chi connectivity index (χ1) is 8.70. The van der Waals surface area contributed by atoms with Crippen LogP contribution in [0.4, 0.5) is 0 Å². The van der Waals surface area contributed by atoms with Crippen LogP contribution in [0.25, 0.3) is 0 Å². The zero-order valence-corrected chi connectivity index (χ0v) is 10.2. The Morgan fingerprint density at radius 2 is 1.78 bits per heavy atom. The number of piperazine rings is 1. The Labute approximate surface area is 105 Å². The van der Waals surface area contributed by atoms with Gasteiger partial charge in [-0.2, -0.15) is 0 Å².